The smallest absolute Gasteiger partial charge is 0.343 e. The Hall–Kier alpha value is -3.57. The number of aryl methyl sites for hydroxylation is 1. The molecule has 0 radical (unpaired) electrons. The fraction of sp³-hybridized carbons (Fsp3) is 0.185. The van der Waals surface area contributed by atoms with Crippen LogP contribution in [0, 0.1) is 6.92 Å². The Kier molecular flexibility index (Phi) is 6.52. The van der Waals surface area contributed by atoms with Crippen LogP contribution in [0.4, 0.5) is 0 Å². The van der Waals surface area contributed by atoms with E-state index in [0.717, 1.165) is 22.2 Å². The number of hydrogen-bond acceptors (Lipinski definition) is 4. The number of hydrogen-bond donors (Lipinski definition) is 0. The number of nitrogens with zero attached hydrogens (tertiary/aromatic N) is 2. The third-order valence-electron chi connectivity index (χ3n) is 5.31. The molecule has 0 amide bonds. The van der Waals surface area contributed by atoms with E-state index in [1.54, 1.807) is 31.4 Å². The minimum atomic E-state index is -0.475. The molecule has 3 aromatic carbocycles. The molecule has 0 atom stereocenters. The molecular formula is C27H25ClN2O3. The molecule has 0 saturated heterocycles. The summed E-state index contributed by atoms with van der Waals surface area (Å²) >= 11 is 5.96. The third-order valence-corrected chi connectivity index (χ3v) is 5.56. The Balaban J connectivity index is 1.82. The maximum Gasteiger partial charge on any atom is 0.343 e. The minimum absolute atomic E-state index is 0.160. The highest BCUT2D eigenvalue weighted by molar-refractivity contribution is 6.30. The van der Waals surface area contributed by atoms with Crippen LogP contribution in [-0.4, -0.2) is 22.6 Å². The van der Waals surface area contributed by atoms with E-state index in [9.17, 15) is 4.79 Å². The molecule has 5 nitrogen and oxygen atoms in total. The zero-order valence-corrected chi connectivity index (χ0v) is 19.8. The summed E-state index contributed by atoms with van der Waals surface area (Å²) in [4.78, 5) is 17.8. The second-order valence-corrected chi connectivity index (χ2v) is 8.50. The molecule has 0 aliphatic heterocycles. The second-order valence-electron chi connectivity index (χ2n) is 8.06. The predicted octanol–water partition coefficient (Wildman–Crippen LogP) is 6.94. The molecule has 0 N–H and O–H groups in total. The van der Waals surface area contributed by atoms with Gasteiger partial charge in [-0.3, -0.25) is 0 Å². The lowest BCUT2D eigenvalue weighted by atomic mass is 10.1. The van der Waals surface area contributed by atoms with Crippen LogP contribution >= 0.6 is 11.6 Å². The van der Waals surface area contributed by atoms with Crippen LogP contribution in [0.1, 0.15) is 47.2 Å². The van der Waals surface area contributed by atoms with Gasteiger partial charge in [-0.25, -0.2) is 9.78 Å². The van der Waals surface area contributed by atoms with E-state index >= 15 is 0 Å². The van der Waals surface area contributed by atoms with Crippen molar-refractivity contribution in [2.75, 3.05) is 7.11 Å². The number of rotatable bonds is 6. The van der Waals surface area contributed by atoms with Gasteiger partial charge in [-0.2, -0.15) is 0 Å². The number of benzene rings is 3. The summed E-state index contributed by atoms with van der Waals surface area (Å²) < 4.78 is 13.3. The van der Waals surface area contributed by atoms with Crippen molar-refractivity contribution in [3.63, 3.8) is 0 Å². The Morgan fingerprint density at radius 1 is 1.00 bits per heavy atom. The van der Waals surface area contributed by atoms with Gasteiger partial charge < -0.3 is 14.0 Å². The second kappa shape index (κ2) is 9.51. The highest BCUT2D eigenvalue weighted by Gasteiger charge is 2.17. The molecule has 6 heteroatoms. The third kappa shape index (κ3) is 4.94. The Labute approximate surface area is 198 Å². The number of methoxy groups -OCH3 is 1. The van der Waals surface area contributed by atoms with Crippen LogP contribution in [0.15, 0.2) is 66.7 Å². The van der Waals surface area contributed by atoms with Crippen molar-refractivity contribution in [1.29, 1.82) is 0 Å². The average Bonchev–Trinajstić information content (AvgIpc) is 3.16. The molecule has 0 unspecified atom stereocenters. The summed E-state index contributed by atoms with van der Waals surface area (Å²) in [7, 11) is 1.61. The highest BCUT2D eigenvalue weighted by Crippen LogP contribution is 2.28. The van der Waals surface area contributed by atoms with E-state index in [1.165, 1.54) is 0 Å². The first-order valence-corrected chi connectivity index (χ1v) is 11.1. The molecule has 168 valence electrons. The van der Waals surface area contributed by atoms with E-state index in [-0.39, 0.29) is 6.04 Å². The lowest BCUT2D eigenvalue weighted by Gasteiger charge is -2.14. The van der Waals surface area contributed by atoms with Crippen molar-refractivity contribution in [3.05, 3.63) is 94.3 Å². The van der Waals surface area contributed by atoms with E-state index < -0.39 is 5.97 Å². The monoisotopic (exact) mass is 460 g/mol. The van der Waals surface area contributed by atoms with Crippen LogP contribution in [0.3, 0.4) is 0 Å². The quantitative estimate of drug-likeness (QED) is 0.231. The van der Waals surface area contributed by atoms with Crippen molar-refractivity contribution < 1.29 is 14.3 Å². The molecule has 4 aromatic rings. The number of fused-ring (bicyclic) bond motifs is 1. The zero-order chi connectivity index (χ0) is 23.5. The number of carbonyl (C=O) groups is 1. The van der Waals surface area contributed by atoms with Gasteiger partial charge in [0.1, 0.15) is 17.3 Å². The number of carbonyl (C=O) groups excluding carboxylic acids is 1. The molecule has 0 spiro atoms. The first-order chi connectivity index (χ1) is 15.9. The molecule has 0 saturated carbocycles. The van der Waals surface area contributed by atoms with Gasteiger partial charge in [0.2, 0.25) is 0 Å². The number of ether oxygens (including phenoxy) is 2. The van der Waals surface area contributed by atoms with Crippen molar-refractivity contribution in [3.8, 4) is 5.75 Å². The number of halogens is 1. The van der Waals surface area contributed by atoms with Gasteiger partial charge in [0, 0.05) is 22.7 Å². The summed E-state index contributed by atoms with van der Waals surface area (Å²) in [5, 5.41) is 0.554. The lowest BCUT2D eigenvalue weighted by Crippen LogP contribution is -2.07. The number of imidazole rings is 1. The van der Waals surface area contributed by atoms with Crippen LogP contribution in [-0.2, 0) is 4.74 Å². The SMILES string of the molecule is COc1ccc(C(=Cc2nc3cc(C)ccc3n2C(C)C)OC(=O)c2ccc(Cl)cc2)cc1. The summed E-state index contributed by atoms with van der Waals surface area (Å²) in [6.07, 6.45) is 1.81. The maximum atomic E-state index is 12.9. The molecule has 1 heterocycles. The first kappa shape index (κ1) is 22.6. The van der Waals surface area contributed by atoms with Gasteiger partial charge in [-0.1, -0.05) is 17.7 Å². The number of aromatic nitrogens is 2. The van der Waals surface area contributed by atoms with E-state index in [2.05, 4.69) is 36.6 Å². The number of esters is 1. The first-order valence-electron chi connectivity index (χ1n) is 10.7. The van der Waals surface area contributed by atoms with Crippen LogP contribution in [0.25, 0.3) is 22.9 Å². The summed E-state index contributed by atoms with van der Waals surface area (Å²) in [6.45, 7) is 6.25. The Morgan fingerprint density at radius 3 is 2.30 bits per heavy atom. The van der Waals surface area contributed by atoms with Crippen molar-refractivity contribution in [1.82, 2.24) is 9.55 Å². The molecule has 0 fully saturated rings. The molecule has 1 aromatic heterocycles. The molecule has 0 aliphatic carbocycles. The molecule has 0 aliphatic rings. The van der Waals surface area contributed by atoms with Crippen molar-refractivity contribution in [2.45, 2.75) is 26.8 Å². The average molecular weight is 461 g/mol. The van der Waals surface area contributed by atoms with E-state index in [0.29, 0.717) is 27.9 Å². The van der Waals surface area contributed by atoms with Crippen molar-refractivity contribution in [2.24, 2.45) is 0 Å². The fourth-order valence-corrected chi connectivity index (χ4v) is 3.79. The molecule has 4 rings (SSSR count). The van der Waals surface area contributed by atoms with Gasteiger partial charge in [-0.15, -0.1) is 0 Å². The standard InChI is InChI=1S/C27H25ClN2O3/c1-17(2)30-24-14-5-18(3)15-23(24)29-26(30)16-25(19-8-12-22(32-4)13-9-19)33-27(31)20-6-10-21(28)11-7-20/h5-17H,1-4H3. The van der Waals surface area contributed by atoms with Gasteiger partial charge in [-0.05, 0) is 87.0 Å². The van der Waals surface area contributed by atoms with Crippen LogP contribution in [0.2, 0.25) is 5.02 Å². The van der Waals surface area contributed by atoms with E-state index in [4.69, 9.17) is 26.1 Å². The minimum Gasteiger partial charge on any atom is -0.497 e. The largest absolute Gasteiger partial charge is 0.497 e. The molecule has 33 heavy (non-hydrogen) atoms. The predicted molar refractivity (Wildman–Crippen MR) is 133 cm³/mol. The van der Waals surface area contributed by atoms with E-state index in [1.807, 2.05) is 37.3 Å². The van der Waals surface area contributed by atoms with Gasteiger partial charge in [0.25, 0.3) is 0 Å². The lowest BCUT2D eigenvalue weighted by molar-refractivity contribution is 0.0693. The molecular weight excluding hydrogens is 436 g/mol. The Morgan fingerprint density at radius 2 is 1.67 bits per heavy atom. The van der Waals surface area contributed by atoms with Gasteiger partial charge >= 0.3 is 5.97 Å². The highest BCUT2D eigenvalue weighted by atomic mass is 35.5. The van der Waals surface area contributed by atoms with Crippen LogP contribution < -0.4 is 4.74 Å². The zero-order valence-electron chi connectivity index (χ0n) is 19.0. The topological polar surface area (TPSA) is 53.4 Å². The van der Waals surface area contributed by atoms with Crippen molar-refractivity contribution >= 4 is 40.4 Å². The normalized spacial score (nSPS) is 11.8. The summed E-state index contributed by atoms with van der Waals surface area (Å²) in [5.41, 5.74) is 4.20. The van der Waals surface area contributed by atoms with Gasteiger partial charge in [0.05, 0.1) is 23.7 Å². The summed E-state index contributed by atoms with van der Waals surface area (Å²) in [6, 6.07) is 20.3. The maximum absolute atomic E-state index is 12.9. The fourth-order valence-electron chi connectivity index (χ4n) is 3.66. The van der Waals surface area contributed by atoms with Crippen LogP contribution in [0.5, 0.6) is 5.75 Å². The summed E-state index contributed by atoms with van der Waals surface area (Å²) in [5.74, 6) is 1.34. The molecule has 0 bridgehead atoms. The van der Waals surface area contributed by atoms with Gasteiger partial charge in [0.15, 0.2) is 0 Å². The Bertz CT molecular complexity index is 1320.